The molecular formula is C63H42N2O. The minimum Gasteiger partial charge on any atom is -0.455 e. The molecule has 11 aromatic carbocycles. The molecule has 14 aromatic rings. The second-order valence-electron chi connectivity index (χ2n) is 18.5. The van der Waals surface area contributed by atoms with Gasteiger partial charge < -0.3 is 14.4 Å². The van der Waals surface area contributed by atoms with Gasteiger partial charge in [0, 0.05) is 59.7 Å². The van der Waals surface area contributed by atoms with E-state index in [0.717, 1.165) is 43.9 Å². The van der Waals surface area contributed by atoms with Crippen molar-refractivity contribution in [2.24, 2.45) is 0 Å². The van der Waals surface area contributed by atoms with Crippen molar-refractivity contribution in [3.05, 3.63) is 205 Å². The number of rotatable bonds is 2. The highest BCUT2D eigenvalue weighted by Crippen LogP contribution is 2.57. The topological polar surface area (TPSA) is 44.7 Å². The third-order valence-electron chi connectivity index (χ3n) is 14.8. The molecule has 0 spiro atoms. The fraction of sp³-hybridized carbons (Fsp3) is 0.0476. The van der Waals surface area contributed by atoms with Crippen molar-refractivity contribution < 1.29 is 4.42 Å². The van der Waals surface area contributed by atoms with Gasteiger partial charge in [0.1, 0.15) is 11.2 Å². The lowest BCUT2D eigenvalue weighted by Crippen LogP contribution is -2.17. The molecule has 0 saturated heterocycles. The van der Waals surface area contributed by atoms with E-state index in [9.17, 15) is 0 Å². The molecule has 0 atom stereocenters. The Kier molecular flexibility index (Phi) is 7.47. The molecule has 3 heterocycles. The molecule has 15 rings (SSSR count). The van der Waals surface area contributed by atoms with Crippen molar-refractivity contribution in [3.63, 3.8) is 0 Å². The molecule has 2 N–H and O–H groups in total. The first-order valence-corrected chi connectivity index (χ1v) is 22.8. The smallest absolute Gasteiger partial charge is 0.145 e. The Morgan fingerprint density at radius 1 is 0.424 bits per heavy atom. The number of hydrogen-bond donors (Lipinski definition) is 2. The Morgan fingerprint density at radius 2 is 1.03 bits per heavy atom. The molecule has 310 valence electrons. The summed E-state index contributed by atoms with van der Waals surface area (Å²) in [6, 6.07) is 61.2. The molecule has 0 fully saturated rings. The summed E-state index contributed by atoms with van der Waals surface area (Å²) in [5, 5.41) is 19.9. The van der Waals surface area contributed by atoms with Gasteiger partial charge in [-0.05, 0) is 95.2 Å². The molecular weight excluding hydrogens is 801 g/mol. The minimum absolute atomic E-state index is 0.164. The lowest BCUT2D eigenvalue weighted by molar-refractivity contribution is 0.665. The van der Waals surface area contributed by atoms with Crippen LogP contribution in [0.15, 0.2) is 187 Å². The van der Waals surface area contributed by atoms with E-state index in [4.69, 9.17) is 4.42 Å². The number of nitrogens with one attached hydrogen (secondary N) is 2. The lowest BCUT2D eigenvalue weighted by Gasteiger charge is -2.26. The number of furan rings is 1. The van der Waals surface area contributed by atoms with E-state index >= 15 is 0 Å². The quantitative estimate of drug-likeness (QED) is 0.179. The number of aromatic amines is 2. The van der Waals surface area contributed by atoms with E-state index in [-0.39, 0.29) is 5.41 Å². The molecule has 0 unspecified atom stereocenters. The minimum atomic E-state index is -0.164. The van der Waals surface area contributed by atoms with E-state index in [1.807, 2.05) is 12.2 Å². The van der Waals surface area contributed by atoms with Gasteiger partial charge in [0.25, 0.3) is 0 Å². The number of benzene rings is 11. The van der Waals surface area contributed by atoms with Crippen molar-refractivity contribution in [2.75, 3.05) is 0 Å². The fourth-order valence-corrected chi connectivity index (χ4v) is 12.1. The third-order valence-corrected chi connectivity index (χ3v) is 14.8. The molecule has 3 heteroatoms. The highest BCUT2D eigenvalue weighted by molar-refractivity contribution is 6.38. The second-order valence-corrected chi connectivity index (χ2v) is 18.5. The molecule has 0 amide bonds. The third kappa shape index (κ3) is 4.81. The predicted molar refractivity (Wildman–Crippen MR) is 284 cm³/mol. The van der Waals surface area contributed by atoms with Crippen LogP contribution in [0, 0.1) is 0 Å². The molecule has 0 saturated carbocycles. The van der Waals surface area contributed by atoms with E-state index in [1.165, 1.54) is 109 Å². The second kappa shape index (κ2) is 13.3. The number of fused-ring (bicyclic) bond motifs is 25. The van der Waals surface area contributed by atoms with E-state index in [2.05, 4.69) is 207 Å². The highest BCUT2D eigenvalue weighted by atomic mass is 16.3. The zero-order valence-corrected chi connectivity index (χ0v) is 36.6. The number of hydrogen-bond acceptors (Lipinski definition) is 1. The van der Waals surface area contributed by atoms with Crippen molar-refractivity contribution in [2.45, 2.75) is 19.3 Å². The molecule has 1 aliphatic rings. The largest absolute Gasteiger partial charge is 0.455 e. The van der Waals surface area contributed by atoms with Gasteiger partial charge in [0.2, 0.25) is 0 Å². The highest BCUT2D eigenvalue weighted by Gasteiger charge is 2.41. The summed E-state index contributed by atoms with van der Waals surface area (Å²) < 4.78 is 6.65. The van der Waals surface area contributed by atoms with Crippen molar-refractivity contribution in [1.82, 2.24) is 9.97 Å². The average molecular weight is 843 g/mol. The van der Waals surface area contributed by atoms with Crippen LogP contribution in [-0.4, -0.2) is 9.97 Å². The van der Waals surface area contributed by atoms with Crippen LogP contribution in [0.4, 0.5) is 0 Å². The van der Waals surface area contributed by atoms with Gasteiger partial charge in [0.05, 0.1) is 16.4 Å². The van der Waals surface area contributed by atoms with E-state index in [0.29, 0.717) is 0 Å². The van der Waals surface area contributed by atoms with Gasteiger partial charge >= 0.3 is 0 Å². The summed E-state index contributed by atoms with van der Waals surface area (Å²) in [4.78, 5) is 7.63. The van der Waals surface area contributed by atoms with Crippen molar-refractivity contribution in [1.29, 1.82) is 0 Å². The summed E-state index contributed by atoms with van der Waals surface area (Å²) >= 11 is 0. The maximum absolute atomic E-state index is 6.65. The van der Waals surface area contributed by atoms with Crippen LogP contribution in [-0.2, 0) is 5.41 Å². The van der Waals surface area contributed by atoms with Crippen LogP contribution in [0.25, 0.3) is 143 Å². The Balaban J connectivity index is 0.000000126. The molecule has 3 aromatic heterocycles. The first-order chi connectivity index (χ1) is 32.4. The van der Waals surface area contributed by atoms with Gasteiger partial charge in [-0.2, -0.15) is 0 Å². The van der Waals surface area contributed by atoms with E-state index < -0.39 is 0 Å². The summed E-state index contributed by atoms with van der Waals surface area (Å²) in [6.07, 6.45) is 3.94. The first-order valence-electron chi connectivity index (χ1n) is 22.8. The van der Waals surface area contributed by atoms with Crippen LogP contribution < -0.4 is 0 Å². The van der Waals surface area contributed by atoms with Crippen molar-refractivity contribution >= 4 is 132 Å². The normalized spacial score (nSPS) is 13.2. The van der Waals surface area contributed by atoms with Crippen LogP contribution >= 0.6 is 0 Å². The van der Waals surface area contributed by atoms with Crippen LogP contribution in [0.2, 0.25) is 0 Å². The van der Waals surface area contributed by atoms with Crippen LogP contribution in [0.5, 0.6) is 0 Å². The standard InChI is InChI=1S/C33H25N.C30H17NO/c1-5-19-15-16-25-29-31(33(3,4)30(25)22(19)6-2)24-14-10-9-13-23(24)28-26-17-20-11-7-8-12-21(20)18-27(26)34-32(28)29;1-3-9-19-17(7-1)14-16-24-25(19)26-21-11-5-6-12-22(21)30-27(28(26)31-24)23-15-13-18-8-2-4-10-20(18)29(23)32-30/h5-18,34H,1-2H2,3-4H3;1-16,31H. The summed E-state index contributed by atoms with van der Waals surface area (Å²) in [5.74, 6) is 0. The Bertz CT molecular complexity index is 4470. The Morgan fingerprint density at radius 3 is 1.77 bits per heavy atom. The lowest BCUT2D eigenvalue weighted by atomic mass is 9.77. The van der Waals surface area contributed by atoms with Gasteiger partial charge in [-0.1, -0.05) is 185 Å². The van der Waals surface area contributed by atoms with Gasteiger partial charge in [-0.15, -0.1) is 0 Å². The summed E-state index contributed by atoms with van der Waals surface area (Å²) in [7, 11) is 0. The van der Waals surface area contributed by atoms with Gasteiger partial charge in [-0.3, -0.25) is 0 Å². The molecule has 1 aliphatic carbocycles. The maximum atomic E-state index is 6.65. The van der Waals surface area contributed by atoms with E-state index in [1.54, 1.807) is 0 Å². The van der Waals surface area contributed by atoms with Gasteiger partial charge in [0.15, 0.2) is 0 Å². The first kappa shape index (κ1) is 37.0. The molecule has 0 radical (unpaired) electrons. The zero-order chi connectivity index (χ0) is 44.0. The van der Waals surface area contributed by atoms with Gasteiger partial charge in [-0.25, -0.2) is 0 Å². The molecule has 0 bridgehead atoms. The molecule has 66 heavy (non-hydrogen) atoms. The Labute approximate surface area is 379 Å². The maximum Gasteiger partial charge on any atom is 0.145 e. The number of aromatic nitrogens is 2. The molecule has 0 aliphatic heterocycles. The van der Waals surface area contributed by atoms with Crippen molar-refractivity contribution in [3.8, 4) is 11.1 Å². The van der Waals surface area contributed by atoms with Crippen LogP contribution in [0.1, 0.15) is 36.1 Å². The summed E-state index contributed by atoms with van der Waals surface area (Å²) in [6.45, 7) is 13.0. The Hall–Kier alpha value is -8.40. The van der Waals surface area contributed by atoms with Crippen LogP contribution in [0.3, 0.4) is 0 Å². The monoisotopic (exact) mass is 842 g/mol. The average Bonchev–Trinajstić information content (AvgIpc) is 4.12. The zero-order valence-electron chi connectivity index (χ0n) is 36.6. The fourth-order valence-electron chi connectivity index (χ4n) is 12.1. The predicted octanol–water partition coefficient (Wildman–Crippen LogP) is 17.9. The SMILES string of the molecule is C=Cc1ccc2c(c1C=C)C(C)(C)c1c-2c2[nH]c3cc4ccccc4cc3c2c2ccccc12.c1ccc2c(c1)ccc1c2oc2c3ccccc3c3c([nH]c4ccc5ccccc5c43)c12. The summed E-state index contributed by atoms with van der Waals surface area (Å²) in [5.41, 5.74) is 14.2. The number of H-pyrrole nitrogens is 2. The molecule has 3 nitrogen and oxygen atoms in total.